The summed E-state index contributed by atoms with van der Waals surface area (Å²) in [5.74, 6) is 2.84. The SMILES string of the molecule is COc1cc2c(O)c(-c3c(C)cc4c(C(C)C)c(OC)c(OC)cc4c3O)c(C)cc2c(C(C)C)c1OC. The van der Waals surface area contributed by atoms with Crippen LogP contribution in [0.25, 0.3) is 32.7 Å². The second-order valence-electron chi connectivity index (χ2n) is 10.4. The van der Waals surface area contributed by atoms with Crippen molar-refractivity contribution in [2.75, 3.05) is 28.4 Å². The van der Waals surface area contributed by atoms with Gasteiger partial charge in [0.15, 0.2) is 23.0 Å². The number of hydrogen-bond donors (Lipinski definition) is 2. The first-order valence-electron chi connectivity index (χ1n) is 12.8. The van der Waals surface area contributed by atoms with Crippen LogP contribution in [0.3, 0.4) is 0 Å². The number of hydrogen-bond acceptors (Lipinski definition) is 6. The summed E-state index contributed by atoms with van der Waals surface area (Å²) >= 11 is 0. The van der Waals surface area contributed by atoms with E-state index in [4.69, 9.17) is 18.9 Å². The molecule has 0 aromatic heterocycles. The van der Waals surface area contributed by atoms with Crippen molar-refractivity contribution in [2.45, 2.75) is 53.4 Å². The third kappa shape index (κ3) is 4.03. The van der Waals surface area contributed by atoms with Crippen molar-refractivity contribution in [1.29, 1.82) is 0 Å². The molecule has 2 N–H and O–H groups in total. The Morgan fingerprint density at radius 3 is 1.13 bits per heavy atom. The zero-order valence-corrected chi connectivity index (χ0v) is 24.0. The topological polar surface area (TPSA) is 77.4 Å². The maximum Gasteiger partial charge on any atom is 0.164 e. The summed E-state index contributed by atoms with van der Waals surface area (Å²) in [4.78, 5) is 0. The second-order valence-corrected chi connectivity index (χ2v) is 10.4. The highest BCUT2D eigenvalue weighted by Gasteiger charge is 2.27. The highest BCUT2D eigenvalue weighted by atomic mass is 16.5. The number of benzene rings is 4. The number of phenols is 2. The molecule has 0 aliphatic carbocycles. The van der Waals surface area contributed by atoms with Crippen LogP contribution in [0.5, 0.6) is 34.5 Å². The molecule has 0 saturated heterocycles. The number of aryl methyl sites for hydroxylation is 2. The Balaban J connectivity index is 2.16. The molecule has 0 aliphatic rings. The molecule has 6 nitrogen and oxygen atoms in total. The molecular weight excluding hydrogens is 480 g/mol. The number of aromatic hydroxyl groups is 2. The lowest BCUT2D eigenvalue weighted by Crippen LogP contribution is -2.02. The monoisotopic (exact) mass is 518 g/mol. The van der Waals surface area contributed by atoms with E-state index in [1.54, 1.807) is 40.6 Å². The number of fused-ring (bicyclic) bond motifs is 2. The van der Waals surface area contributed by atoms with Crippen LogP contribution in [-0.4, -0.2) is 38.7 Å². The van der Waals surface area contributed by atoms with E-state index in [1.807, 2.05) is 13.8 Å². The molecule has 0 aliphatic heterocycles. The summed E-state index contributed by atoms with van der Waals surface area (Å²) < 4.78 is 22.7. The normalized spacial score (nSPS) is 11.6. The van der Waals surface area contributed by atoms with Gasteiger partial charge in [-0.2, -0.15) is 0 Å². The number of ether oxygens (including phenoxy) is 4. The molecule has 4 aromatic carbocycles. The van der Waals surface area contributed by atoms with E-state index in [9.17, 15) is 10.2 Å². The first-order chi connectivity index (χ1) is 18.0. The lowest BCUT2D eigenvalue weighted by Gasteiger charge is -2.23. The van der Waals surface area contributed by atoms with Gasteiger partial charge >= 0.3 is 0 Å². The Kier molecular flexibility index (Phi) is 7.29. The Morgan fingerprint density at radius 1 is 0.526 bits per heavy atom. The molecule has 38 heavy (non-hydrogen) atoms. The first-order valence-corrected chi connectivity index (χ1v) is 12.8. The van der Waals surface area contributed by atoms with Crippen LogP contribution in [0, 0.1) is 13.8 Å². The van der Waals surface area contributed by atoms with E-state index < -0.39 is 0 Å². The van der Waals surface area contributed by atoms with Gasteiger partial charge < -0.3 is 29.2 Å². The van der Waals surface area contributed by atoms with E-state index in [2.05, 4.69) is 39.8 Å². The van der Waals surface area contributed by atoms with Crippen molar-refractivity contribution < 1.29 is 29.2 Å². The number of phenolic OH excluding ortho intramolecular Hbond substituents is 2. The summed E-state index contributed by atoms with van der Waals surface area (Å²) in [5, 5.41) is 26.6. The van der Waals surface area contributed by atoms with Gasteiger partial charge in [0.1, 0.15) is 11.5 Å². The molecule has 0 heterocycles. The van der Waals surface area contributed by atoms with Crippen molar-refractivity contribution >= 4 is 21.5 Å². The summed E-state index contributed by atoms with van der Waals surface area (Å²) in [7, 11) is 6.43. The largest absolute Gasteiger partial charge is 0.507 e. The van der Waals surface area contributed by atoms with Crippen molar-refractivity contribution in [1.82, 2.24) is 0 Å². The van der Waals surface area contributed by atoms with E-state index in [-0.39, 0.29) is 23.3 Å². The Labute approximate surface area is 224 Å². The Hall–Kier alpha value is -3.80. The molecule has 0 fully saturated rings. The van der Waals surface area contributed by atoms with Crippen molar-refractivity contribution in [3.05, 3.63) is 46.5 Å². The van der Waals surface area contributed by atoms with E-state index >= 15 is 0 Å². The first kappa shape index (κ1) is 27.2. The maximum atomic E-state index is 11.8. The fourth-order valence-corrected chi connectivity index (χ4v) is 5.77. The Bertz CT molecular complexity index is 1430. The van der Waals surface area contributed by atoms with Crippen LogP contribution in [0.1, 0.15) is 61.8 Å². The number of methoxy groups -OCH3 is 4. The molecule has 4 rings (SSSR count). The third-order valence-corrected chi connectivity index (χ3v) is 7.40. The summed E-state index contributed by atoms with van der Waals surface area (Å²) in [6, 6.07) is 7.71. The van der Waals surface area contributed by atoms with Gasteiger partial charge in [0.25, 0.3) is 0 Å². The Morgan fingerprint density at radius 2 is 0.868 bits per heavy atom. The summed E-state index contributed by atoms with van der Waals surface area (Å²) in [5.41, 5.74) is 4.77. The van der Waals surface area contributed by atoms with Crippen molar-refractivity contribution in [3.63, 3.8) is 0 Å². The predicted molar refractivity (Wildman–Crippen MR) is 154 cm³/mol. The minimum absolute atomic E-state index is 0.0881. The molecule has 0 spiro atoms. The van der Waals surface area contributed by atoms with Gasteiger partial charge in [-0.15, -0.1) is 0 Å². The molecule has 0 atom stereocenters. The smallest absolute Gasteiger partial charge is 0.164 e. The van der Waals surface area contributed by atoms with Crippen molar-refractivity contribution in [3.8, 4) is 45.6 Å². The molecule has 0 amide bonds. The summed E-state index contributed by atoms with van der Waals surface area (Å²) in [6.07, 6.45) is 0. The third-order valence-electron chi connectivity index (χ3n) is 7.40. The minimum Gasteiger partial charge on any atom is -0.507 e. The van der Waals surface area contributed by atoms with Gasteiger partial charge in [-0.3, -0.25) is 0 Å². The van der Waals surface area contributed by atoms with Gasteiger partial charge in [0, 0.05) is 33.0 Å². The van der Waals surface area contributed by atoms with Gasteiger partial charge in [-0.25, -0.2) is 0 Å². The number of rotatable bonds is 7. The van der Waals surface area contributed by atoms with E-state index in [1.165, 1.54) is 0 Å². The van der Waals surface area contributed by atoms with Crippen LogP contribution in [0.15, 0.2) is 24.3 Å². The zero-order chi connectivity index (χ0) is 28.0. The average Bonchev–Trinajstić information content (AvgIpc) is 2.87. The lowest BCUT2D eigenvalue weighted by molar-refractivity contribution is 0.351. The van der Waals surface area contributed by atoms with Crippen LogP contribution >= 0.6 is 0 Å². The summed E-state index contributed by atoms with van der Waals surface area (Å²) in [6.45, 7) is 12.3. The minimum atomic E-state index is 0.0881. The van der Waals surface area contributed by atoms with Crippen LogP contribution in [-0.2, 0) is 0 Å². The highest BCUT2D eigenvalue weighted by molar-refractivity contribution is 6.06. The van der Waals surface area contributed by atoms with Gasteiger partial charge in [0.05, 0.1) is 28.4 Å². The van der Waals surface area contributed by atoms with Crippen LogP contribution in [0.4, 0.5) is 0 Å². The standard InChI is InChI=1S/C32H38O6/c1-15(2)25-19-11-17(5)27(29(33)21(19)13-23(35-7)31(25)37-9)28-18(6)12-20-22(30(28)34)14-24(36-8)32(38-10)26(20)16(3)4/h11-16,33-34H,1-10H3. The van der Waals surface area contributed by atoms with Crippen LogP contribution in [0.2, 0.25) is 0 Å². The fraction of sp³-hybridized carbons (Fsp3) is 0.375. The fourth-order valence-electron chi connectivity index (χ4n) is 5.77. The molecule has 6 heteroatoms. The molecular formula is C32H38O6. The molecule has 0 saturated carbocycles. The van der Waals surface area contributed by atoms with Crippen molar-refractivity contribution in [2.24, 2.45) is 0 Å². The van der Waals surface area contributed by atoms with Gasteiger partial charge in [0.2, 0.25) is 0 Å². The van der Waals surface area contributed by atoms with Gasteiger partial charge in [-0.05, 0) is 59.7 Å². The molecule has 0 bridgehead atoms. The molecule has 4 aromatic rings. The maximum absolute atomic E-state index is 11.8. The quantitative estimate of drug-likeness (QED) is 0.258. The van der Waals surface area contributed by atoms with E-state index in [0.717, 1.165) is 33.0 Å². The highest BCUT2D eigenvalue weighted by Crippen LogP contribution is 2.52. The second kappa shape index (κ2) is 10.2. The molecule has 0 unspecified atom stereocenters. The average molecular weight is 519 g/mol. The van der Waals surface area contributed by atoms with Gasteiger partial charge in [-0.1, -0.05) is 39.8 Å². The zero-order valence-electron chi connectivity index (χ0n) is 24.0. The predicted octanol–water partition coefficient (Wildman–Crippen LogP) is 7.97. The van der Waals surface area contributed by atoms with Crippen LogP contribution < -0.4 is 18.9 Å². The van der Waals surface area contributed by atoms with E-state index in [0.29, 0.717) is 44.9 Å². The molecule has 202 valence electrons. The molecule has 0 radical (unpaired) electrons. The lowest BCUT2D eigenvalue weighted by atomic mass is 9.85.